The van der Waals surface area contributed by atoms with Gasteiger partial charge in [-0.05, 0) is 77.0 Å². The maximum atomic E-state index is 3.62. The number of hydrogen-bond donors (Lipinski definition) is 1. The summed E-state index contributed by atoms with van der Waals surface area (Å²) >= 11 is 5.40. The van der Waals surface area contributed by atoms with Crippen LogP contribution < -0.4 is 5.32 Å². The Hall–Kier alpha value is -0.640. The van der Waals surface area contributed by atoms with Gasteiger partial charge in [-0.3, -0.25) is 0 Å². The Morgan fingerprint density at radius 3 is 2.65 bits per heavy atom. The van der Waals surface area contributed by atoms with E-state index in [2.05, 4.69) is 58.5 Å². The van der Waals surface area contributed by atoms with Gasteiger partial charge in [0.2, 0.25) is 0 Å². The molecular weight excluding hydrogens is 330 g/mol. The molecule has 0 saturated carbocycles. The SMILES string of the molecule is CCNC(c1ccc2c(c1)CCCC2)c1ccc(Br)s1. The van der Waals surface area contributed by atoms with Gasteiger partial charge in [-0.15, -0.1) is 11.3 Å². The topological polar surface area (TPSA) is 12.0 Å². The van der Waals surface area contributed by atoms with Crippen molar-refractivity contribution >= 4 is 27.3 Å². The number of aryl methyl sites for hydroxylation is 2. The molecule has 1 aromatic carbocycles. The average molecular weight is 350 g/mol. The molecule has 3 rings (SSSR count). The van der Waals surface area contributed by atoms with E-state index in [0.717, 1.165) is 6.54 Å². The molecule has 0 fully saturated rings. The molecular formula is C17H20BrNS. The van der Waals surface area contributed by atoms with E-state index in [1.165, 1.54) is 39.9 Å². The highest BCUT2D eigenvalue weighted by Gasteiger charge is 2.17. The van der Waals surface area contributed by atoms with Crippen molar-refractivity contribution in [3.05, 3.63) is 55.7 Å². The minimum absolute atomic E-state index is 0.323. The minimum atomic E-state index is 0.323. The third-order valence-corrected chi connectivity index (χ3v) is 5.68. The molecule has 0 spiro atoms. The summed E-state index contributed by atoms with van der Waals surface area (Å²) in [6.07, 6.45) is 5.19. The van der Waals surface area contributed by atoms with Crippen LogP contribution in [0.1, 0.15) is 47.4 Å². The number of benzene rings is 1. The third-order valence-electron chi connectivity index (χ3n) is 3.99. The van der Waals surface area contributed by atoms with Crippen LogP contribution in [0.4, 0.5) is 0 Å². The lowest BCUT2D eigenvalue weighted by molar-refractivity contribution is 0.633. The second-order valence-corrected chi connectivity index (χ2v) is 7.86. The van der Waals surface area contributed by atoms with E-state index >= 15 is 0 Å². The molecule has 1 aliphatic carbocycles. The Labute approximate surface area is 133 Å². The first kappa shape index (κ1) is 14.3. The van der Waals surface area contributed by atoms with Crippen molar-refractivity contribution in [2.75, 3.05) is 6.54 Å². The van der Waals surface area contributed by atoms with Crippen LogP contribution in [0.15, 0.2) is 34.1 Å². The van der Waals surface area contributed by atoms with E-state index in [9.17, 15) is 0 Å². The standard InChI is InChI=1S/C17H20BrNS/c1-2-19-17(15-9-10-16(18)20-15)14-8-7-12-5-3-4-6-13(12)11-14/h7-11,17,19H,2-6H2,1H3. The van der Waals surface area contributed by atoms with Gasteiger partial charge >= 0.3 is 0 Å². The van der Waals surface area contributed by atoms with Crippen molar-refractivity contribution < 1.29 is 0 Å². The molecule has 0 saturated heterocycles. The largest absolute Gasteiger partial charge is 0.306 e. The Balaban J connectivity index is 1.95. The Morgan fingerprint density at radius 2 is 1.95 bits per heavy atom. The van der Waals surface area contributed by atoms with E-state index in [1.807, 2.05) is 11.3 Å². The summed E-state index contributed by atoms with van der Waals surface area (Å²) in [6, 6.07) is 11.8. The van der Waals surface area contributed by atoms with Gasteiger partial charge in [0.1, 0.15) is 0 Å². The van der Waals surface area contributed by atoms with Crippen LogP contribution in [-0.4, -0.2) is 6.54 Å². The van der Waals surface area contributed by atoms with Crippen molar-refractivity contribution in [2.24, 2.45) is 0 Å². The molecule has 1 atom stereocenters. The molecule has 1 unspecified atom stereocenters. The summed E-state index contributed by atoms with van der Waals surface area (Å²) in [5.74, 6) is 0. The first-order chi connectivity index (χ1) is 9.78. The van der Waals surface area contributed by atoms with Crippen LogP contribution in [0.2, 0.25) is 0 Å². The van der Waals surface area contributed by atoms with E-state index in [-0.39, 0.29) is 0 Å². The summed E-state index contributed by atoms with van der Waals surface area (Å²) in [5.41, 5.74) is 4.52. The summed E-state index contributed by atoms with van der Waals surface area (Å²) in [7, 11) is 0. The maximum absolute atomic E-state index is 3.62. The average Bonchev–Trinajstić information content (AvgIpc) is 2.90. The fourth-order valence-corrected chi connectivity index (χ4v) is 4.53. The number of halogens is 1. The second kappa shape index (κ2) is 6.42. The van der Waals surface area contributed by atoms with Gasteiger partial charge in [-0.25, -0.2) is 0 Å². The smallest absolute Gasteiger partial charge is 0.0702 e. The Kier molecular flexibility index (Phi) is 4.59. The maximum Gasteiger partial charge on any atom is 0.0702 e. The molecule has 20 heavy (non-hydrogen) atoms. The zero-order valence-corrected chi connectivity index (χ0v) is 14.2. The lowest BCUT2D eigenvalue weighted by Crippen LogP contribution is -2.21. The van der Waals surface area contributed by atoms with Gasteiger partial charge in [-0.1, -0.05) is 25.1 Å². The van der Waals surface area contributed by atoms with Crippen LogP contribution in [0.25, 0.3) is 0 Å². The number of thiophene rings is 1. The minimum Gasteiger partial charge on any atom is -0.306 e. The summed E-state index contributed by atoms with van der Waals surface area (Å²) in [5, 5.41) is 3.62. The molecule has 3 heteroatoms. The number of nitrogens with one attached hydrogen (secondary N) is 1. The van der Waals surface area contributed by atoms with Crippen molar-refractivity contribution in [1.82, 2.24) is 5.32 Å². The zero-order chi connectivity index (χ0) is 13.9. The third kappa shape index (κ3) is 3.00. The fraction of sp³-hybridized carbons (Fsp3) is 0.412. The van der Waals surface area contributed by atoms with E-state index in [0.29, 0.717) is 6.04 Å². The number of rotatable bonds is 4. The highest BCUT2D eigenvalue weighted by molar-refractivity contribution is 9.11. The zero-order valence-electron chi connectivity index (χ0n) is 11.8. The molecule has 0 amide bonds. The van der Waals surface area contributed by atoms with Crippen molar-refractivity contribution in [3.8, 4) is 0 Å². The first-order valence-corrected chi connectivity index (χ1v) is 8.99. The van der Waals surface area contributed by atoms with Crippen molar-refractivity contribution in [1.29, 1.82) is 0 Å². The molecule has 1 heterocycles. The Bertz CT molecular complexity index is 590. The van der Waals surface area contributed by atoms with Gasteiger partial charge in [0.05, 0.1) is 9.83 Å². The molecule has 1 aliphatic rings. The lowest BCUT2D eigenvalue weighted by Gasteiger charge is -2.21. The van der Waals surface area contributed by atoms with Crippen molar-refractivity contribution in [2.45, 2.75) is 38.6 Å². The molecule has 106 valence electrons. The van der Waals surface area contributed by atoms with Gasteiger partial charge in [-0.2, -0.15) is 0 Å². The molecule has 0 aliphatic heterocycles. The molecule has 1 aromatic heterocycles. The highest BCUT2D eigenvalue weighted by atomic mass is 79.9. The summed E-state index contributed by atoms with van der Waals surface area (Å²) in [4.78, 5) is 1.38. The second-order valence-electron chi connectivity index (χ2n) is 5.37. The number of fused-ring (bicyclic) bond motifs is 1. The predicted molar refractivity (Wildman–Crippen MR) is 90.6 cm³/mol. The number of hydrogen-bond acceptors (Lipinski definition) is 2. The predicted octanol–water partition coefficient (Wildman–Crippen LogP) is 5.09. The van der Waals surface area contributed by atoms with E-state index in [4.69, 9.17) is 0 Å². The van der Waals surface area contributed by atoms with E-state index < -0.39 is 0 Å². The molecule has 0 radical (unpaired) electrons. The quantitative estimate of drug-likeness (QED) is 0.810. The van der Waals surface area contributed by atoms with Gasteiger partial charge in [0.25, 0.3) is 0 Å². The van der Waals surface area contributed by atoms with Crippen LogP contribution in [-0.2, 0) is 12.8 Å². The summed E-state index contributed by atoms with van der Waals surface area (Å²) in [6.45, 7) is 3.16. The normalized spacial score (nSPS) is 15.9. The van der Waals surface area contributed by atoms with Crippen LogP contribution >= 0.6 is 27.3 Å². The molecule has 1 nitrogen and oxygen atoms in total. The summed E-state index contributed by atoms with van der Waals surface area (Å²) < 4.78 is 1.20. The van der Waals surface area contributed by atoms with Crippen LogP contribution in [0.5, 0.6) is 0 Å². The monoisotopic (exact) mass is 349 g/mol. The van der Waals surface area contributed by atoms with Crippen LogP contribution in [0, 0.1) is 0 Å². The molecule has 2 aromatic rings. The Morgan fingerprint density at radius 1 is 1.15 bits per heavy atom. The molecule has 0 bridgehead atoms. The molecule has 1 N–H and O–H groups in total. The van der Waals surface area contributed by atoms with Gasteiger partial charge in [0, 0.05) is 4.88 Å². The lowest BCUT2D eigenvalue weighted by atomic mass is 9.89. The fourth-order valence-electron chi connectivity index (χ4n) is 3.00. The van der Waals surface area contributed by atoms with Crippen LogP contribution in [0.3, 0.4) is 0 Å². The van der Waals surface area contributed by atoms with Gasteiger partial charge < -0.3 is 5.32 Å². The van der Waals surface area contributed by atoms with Crippen molar-refractivity contribution in [3.63, 3.8) is 0 Å². The van der Waals surface area contributed by atoms with E-state index in [1.54, 1.807) is 11.1 Å². The van der Waals surface area contributed by atoms with Gasteiger partial charge in [0.15, 0.2) is 0 Å². The highest BCUT2D eigenvalue weighted by Crippen LogP contribution is 2.33. The first-order valence-electron chi connectivity index (χ1n) is 7.38.